The lowest BCUT2D eigenvalue weighted by atomic mass is 10.2. The molecular formula is C15H22N2O4S. The molecule has 0 atom stereocenters. The Bertz CT molecular complexity index is 630. The molecule has 2 rings (SSSR count). The van der Waals surface area contributed by atoms with Gasteiger partial charge in [0.25, 0.3) is 5.91 Å². The van der Waals surface area contributed by atoms with Gasteiger partial charge in [-0.2, -0.15) is 0 Å². The zero-order valence-electron chi connectivity index (χ0n) is 13.0. The summed E-state index contributed by atoms with van der Waals surface area (Å²) in [4.78, 5) is 14.3. The van der Waals surface area contributed by atoms with Crippen molar-refractivity contribution in [3.05, 3.63) is 29.8 Å². The van der Waals surface area contributed by atoms with Gasteiger partial charge < -0.3 is 9.64 Å². The molecule has 1 heterocycles. The Kier molecular flexibility index (Phi) is 5.42. The molecule has 1 fully saturated rings. The summed E-state index contributed by atoms with van der Waals surface area (Å²) in [5, 5.41) is 0. The maximum Gasteiger partial charge on any atom is 0.254 e. The number of ether oxygens (including phenoxy) is 1. The monoisotopic (exact) mass is 326 g/mol. The summed E-state index contributed by atoms with van der Waals surface area (Å²) >= 11 is 0. The lowest BCUT2D eigenvalue weighted by molar-refractivity contribution is 0.0764. The quantitative estimate of drug-likeness (QED) is 0.834. The van der Waals surface area contributed by atoms with E-state index < -0.39 is 10.0 Å². The van der Waals surface area contributed by atoms with Gasteiger partial charge in [-0.05, 0) is 31.5 Å². The van der Waals surface area contributed by atoms with Gasteiger partial charge >= 0.3 is 0 Å². The van der Waals surface area contributed by atoms with Crippen molar-refractivity contribution in [2.45, 2.75) is 13.3 Å². The first kappa shape index (κ1) is 16.8. The molecule has 0 radical (unpaired) electrons. The second-order valence-electron chi connectivity index (χ2n) is 5.27. The number of carbonyl (C=O) groups is 1. The van der Waals surface area contributed by atoms with E-state index in [0.29, 0.717) is 50.5 Å². The van der Waals surface area contributed by atoms with Crippen LogP contribution in [0, 0.1) is 0 Å². The molecule has 1 amide bonds. The highest BCUT2D eigenvalue weighted by Crippen LogP contribution is 2.16. The first-order chi connectivity index (χ1) is 10.4. The molecule has 0 aliphatic carbocycles. The van der Waals surface area contributed by atoms with Crippen LogP contribution < -0.4 is 4.74 Å². The molecule has 1 aromatic rings. The molecular weight excluding hydrogens is 304 g/mol. The third-order valence-corrected chi connectivity index (χ3v) is 4.91. The van der Waals surface area contributed by atoms with Gasteiger partial charge in [0.1, 0.15) is 5.75 Å². The minimum atomic E-state index is -3.20. The van der Waals surface area contributed by atoms with Crippen molar-refractivity contribution >= 4 is 15.9 Å². The number of nitrogens with zero attached hydrogens (tertiary/aromatic N) is 2. The highest BCUT2D eigenvalue weighted by molar-refractivity contribution is 7.88. The Hall–Kier alpha value is -1.60. The van der Waals surface area contributed by atoms with Crippen LogP contribution in [0.5, 0.6) is 5.75 Å². The molecule has 0 N–H and O–H groups in total. The fraction of sp³-hybridized carbons (Fsp3) is 0.533. The van der Waals surface area contributed by atoms with E-state index in [1.165, 1.54) is 10.6 Å². The number of amides is 1. The second-order valence-corrected chi connectivity index (χ2v) is 7.25. The molecule has 22 heavy (non-hydrogen) atoms. The van der Waals surface area contributed by atoms with E-state index in [1.807, 2.05) is 13.0 Å². The average Bonchev–Trinajstić information content (AvgIpc) is 2.73. The minimum absolute atomic E-state index is 0.0862. The smallest absolute Gasteiger partial charge is 0.254 e. The Labute approximate surface area is 131 Å². The topological polar surface area (TPSA) is 66.9 Å². The normalized spacial score (nSPS) is 17.1. The highest BCUT2D eigenvalue weighted by Gasteiger charge is 2.24. The summed E-state index contributed by atoms with van der Waals surface area (Å²) in [6.07, 6.45) is 1.85. The van der Waals surface area contributed by atoms with Crippen molar-refractivity contribution in [1.82, 2.24) is 9.21 Å². The number of sulfonamides is 1. The minimum Gasteiger partial charge on any atom is -0.494 e. The van der Waals surface area contributed by atoms with Gasteiger partial charge in [-0.25, -0.2) is 12.7 Å². The number of carbonyl (C=O) groups excluding carboxylic acids is 1. The van der Waals surface area contributed by atoms with E-state index in [-0.39, 0.29) is 5.91 Å². The first-order valence-corrected chi connectivity index (χ1v) is 9.24. The van der Waals surface area contributed by atoms with Gasteiger partial charge in [0.05, 0.1) is 12.9 Å². The van der Waals surface area contributed by atoms with Gasteiger partial charge in [-0.15, -0.1) is 0 Å². The van der Waals surface area contributed by atoms with Crippen molar-refractivity contribution < 1.29 is 17.9 Å². The largest absolute Gasteiger partial charge is 0.494 e. The molecule has 1 aliphatic heterocycles. The maximum absolute atomic E-state index is 12.6. The number of rotatable bonds is 4. The second kappa shape index (κ2) is 7.11. The SMILES string of the molecule is CCOc1cccc(C(=O)N2CCCN(S(C)(=O)=O)CC2)c1. The summed E-state index contributed by atoms with van der Waals surface area (Å²) < 4.78 is 30.1. The van der Waals surface area contributed by atoms with E-state index in [4.69, 9.17) is 4.74 Å². The third-order valence-electron chi connectivity index (χ3n) is 3.60. The number of benzene rings is 1. The van der Waals surface area contributed by atoms with Crippen molar-refractivity contribution in [3.63, 3.8) is 0 Å². The predicted molar refractivity (Wildman–Crippen MR) is 84.5 cm³/mol. The van der Waals surface area contributed by atoms with Crippen molar-refractivity contribution in [2.24, 2.45) is 0 Å². The van der Waals surface area contributed by atoms with Crippen LogP contribution >= 0.6 is 0 Å². The molecule has 1 aliphatic rings. The van der Waals surface area contributed by atoms with Gasteiger partial charge in [-0.3, -0.25) is 4.79 Å². The molecule has 0 unspecified atom stereocenters. The van der Waals surface area contributed by atoms with Crippen molar-refractivity contribution in [2.75, 3.05) is 39.0 Å². The summed E-state index contributed by atoms with van der Waals surface area (Å²) in [5.74, 6) is 0.581. The molecule has 7 heteroatoms. The Morgan fingerprint density at radius 3 is 2.68 bits per heavy atom. The molecule has 6 nitrogen and oxygen atoms in total. The molecule has 1 saturated heterocycles. The fourth-order valence-corrected chi connectivity index (χ4v) is 3.37. The van der Waals surface area contributed by atoms with E-state index in [0.717, 1.165) is 0 Å². The Morgan fingerprint density at radius 2 is 2.00 bits per heavy atom. The van der Waals surface area contributed by atoms with Crippen LogP contribution in [0.4, 0.5) is 0 Å². The highest BCUT2D eigenvalue weighted by atomic mass is 32.2. The molecule has 0 saturated carbocycles. The number of hydrogen-bond donors (Lipinski definition) is 0. The Balaban J connectivity index is 2.08. The van der Waals surface area contributed by atoms with Crippen LogP contribution in [0.1, 0.15) is 23.7 Å². The van der Waals surface area contributed by atoms with Crippen LogP contribution in [0.15, 0.2) is 24.3 Å². The third kappa shape index (κ3) is 4.20. The van der Waals surface area contributed by atoms with Crippen LogP contribution in [0.25, 0.3) is 0 Å². The maximum atomic E-state index is 12.6. The average molecular weight is 326 g/mol. The van der Waals surface area contributed by atoms with Crippen LogP contribution in [-0.4, -0.2) is 62.6 Å². The van der Waals surface area contributed by atoms with Gasteiger partial charge in [0, 0.05) is 31.7 Å². The molecule has 0 bridgehead atoms. The van der Waals surface area contributed by atoms with Crippen LogP contribution in [0.3, 0.4) is 0 Å². The van der Waals surface area contributed by atoms with E-state index in [9.17, 15) is 13.2 Å². The van der Waals surface area contributed by atoms with E-state index in [2.05, 4.69) is 0 Å². The summed E-state index contributed by atoms with van der Waals surface area (Å²) in [6.45, 7) is 4.21. The standard InChI is InChI=1S/C15H22N2O4S/c1-3-21-14-7-4-6-13(12-14)15(18)16-8-5-9-17(11-10-16)22(2,19)20/h4,6-7,12H,3,5,8-11H2,1-2H3. The molecule has 0 spiro atoms. The fourth-order valence-electron chi connectivity index (χ4n) is 2.50. The van der Waals surface area contributed by atoms with Crippen molar-refractivity contribution in [3.8, 4) is 5.75 Å². The van der Waals surface area contributed by atoms with Gasteiger partial charge in [-0.1, -0.05) is 6.07 Å². The lowest BCUT2D eigenvalue weighted by Crippen LogP contribution is -2.36. The Morgan fingerprint density at radius 1 is 1.23 bits per heavy atom. The van der Waals surface area contributed by atoms with Crippen LogP contribution in [0.2, 0.25) is 0 Å². The zero-order valence-corrected chi connectivity index (χ0v) is 13.8. The van der Waals surface area contributed by atoms with E-state index in [1.54, 1.807) is 23.1 Å². The lowest BCUT2D eigenvalue weighted by Gasteiger charge is -2.21. The number of hydrogen-bond acceptors (Lipinski definition) is 4. The molecule has 0 aromatic heterocycles. The molecule has 1 aromatic carbocycles. The first-order valence-electron chi connectivity index (χ1n) is 7.39. The van der Waals surface area contributed by atoms with Gasteiger partial charge in [0.15, 0.2) is 0 Å². The van der Waals surface area contributed by atoms with Crippen molar-refractivity contribution in [1.29, 1.82) is 0 Å². The van der Waals surface area contributed by atoms with E-state index >= 15 is 0 Å². The summed E-state index contributed by atoms with van der Waals surface area (Å²) in [6, 6.07) is 7.09. The molecule has 122 valence electrons. The zero-order chi connectivity index (χ0) is 16.2. The predicted octanol–water partition coefficient (Wildman–Crippen LogP) is 1.19. The summed E-state index contributed by atoms with van der Waals surface area (Å²) in [5.41, 5.74) is 0.568. The van der Waals surface area contributed by atoms with Gasteiger partial charge in [0.2, 0.25) is 10.0 Å². The van der Waals surface area contributed by atoms with Crippen LogP contribution in [-0.2, 0) is 10.0 Å². The summed E-state index contributed by atoms with van der Waals surface area (Å²) in [7, 11) is -3.20.